The van der Waals surface area contributed by atoms with Gasteiger partial charge in [0.05, 0.1) is 0 Å². The molecule has 0 nitrogen and oxygen atoms in total. The number of benzene rings is 3. The summed E-state index contributed by atoms with van der Waals surface area (Å²) in [5.41, 5.74) is 14.3. The van der Waals surface area contributed by atoms with E-state index in [2.05, 4.69) is 166 Å². The number of hydrogen-bond acceptors (Lipinski definition) is 0. The first kappa shape index (κ1) is 28.8. The lowest BCUT2D eigenvalue weighted by Gasteiger charge is -2.21. The molecule has 3 rings (SSSR count). The van der Waals surface area contributed by atoms with Crippen LogP contribution in [-0.4, -0.2) is 33.0 Å². The fraction of sp³-hybridized carbons (Fsp3) is 0.273. The van der Waals surface area contributed by atoms with Crippen LogP contribution < -0.4 is 15.6 Å². The fourth-order valence-corrected chi connectivity index (χ4v) is 8.06. The van der Waals surface area contributed by atoms with Crippen LogP contribution in [-0.2, 0) is 0 Å². The van der Waals surface area contributed by atoms with E-state index in [1.165, 1.54) is 15.6 Å². The maximum absolute atomic E-state index is 3.62. The van der Waals surface area contributed by atoms with E-state index in [-0.39, 0.29) is 0 Å². The monoisotopic (exact) mass is 547 g/mol. The largest absolute Gasteiger partial charge is 0.159 e. The predicted octanol–water partition coefficient (Wildman–Crippen LogP) is 5.89. The van der Waals surface area contributed by atoms with Crippen molar-refractivity contribution in [2.24, 2.45) is 0 Å². The van der Waals surface area contributed by atoms with Crippen LogP contribution in [0.3, 0.4) is 0 Å². The second-order valence-electron chi connectivity index (χ2n) is 12.5. The second-order valence-corrected chi connectivity index (χ2v) is 29.1. The molecule has 0 aliphatic rings. The van der Waals surface area contributed by atoms with Gasteiger partial charge in [0.25, 0.3) is 0 Å². The van der Waals surface area contributed by atoms with Crippen LogP contribution in [0.2, 0.25) is 58.9 Å². The van der Waals surface area contributed by atoms with Gasteiger partial charge in [0, 0.05) is 16.7 Å². The molecule has 3 aromatic rings. The third-order valence-electron chi connectivity index (χ3n) is 5.31. The Morgan fingerprint density at radius 3 is 0.892 bits per heavy atom. The van der Waals surface area contributed by atoms with Crippen molar-refractivity contribution in [3.05, 3.63) is 89.5 Å². The van der Waals surface area contributed by atoms with E-state index in [9.17, 15) is 0 Å². The van der Waals surface area contributed by atoms with Crippen molar-refractivity contribution in [2.75, 3.05) is 0 Å². The molecule has 3 aromatic carbocycles. The summed E-state index contributed by atoms with van der Waals surface area (Å²) in [5.74, 6) is 10.8. The molecule has 0 aliphatic carbocycles. The van der Waals surface area contributed by atoms with Crippen LogP contribution in [0.25, 0.3) is 0 Å². The molecule has 0 N–H and O–H groups in total. The van der Waals surface area contributed by atoms with Crippen molar-refractivity contribution in [3.63, 3.8) is 0 Å². The topological polar surface area (TPSA) is 0 Å². The van der Waals surface area contributed by atoms with Gasteiger partial charge >= 0.3 is 0 Å². The van der Waals surface area contributed by atoms with Crippen LogP contribution in [0.15, 0.2) is 72.8 Å². The van der Waals surface area contributed by atoms with Crippen molar-refractivity contribution in [1.29, 1.82) is 0 Å². The van der Waals surface area contributed by atoms with Gasteiger partial charge < -0.3 is 0 Å². The molecule has 0 heterocycles. The van der Waals surface area contributed by atoms with Gasteiger partial charge in [0.1, 0.15) is 24.2 Å². The van der Waals surface area contributed by atoms with Crippen molar-refractivity contribution in [2.45, 2.75) is 58.9 Å². The Bertz CT molecular complexity index is 1260. The summed E-state index contributed by atoms with van der Waals surface area (Å²) in [5, 5.41) is 3.97. The third-order valence-corrected chi connectivity index (χ3v) is 10.9. The highest BCUT2D eigenvalue weighted by atomic mass is 28.3. The molecule has 0 bridgehead atoms. The highest BCUT2D eigenvalue weighted by Crippen LogP contribution is 2.08. The van der Waals surface area contributed by atoms with Crippen molar-refractivity contribution in [1.82, 2.24) is 0 Å². The Labute approximate surface area is 230 Å². The fourth-order valence-electron chi connectivity index (χ4n) is 3.63. The Balaban J connectivity index is 2.38. The van der Waals surface area contributed by atoms with Crippen LogP contribution in [0.1, 0.15) is 16.7 Å². The van der Waals surface area contributed by atoms with Gasteiger partial charge in [0.2, 0.25) is 0 Å². The highest BCUT2D eigenvalue weighted by molar-refractivity contribution is 6.96. The zero-order valence-electron chi connectivity index (χ0n) is 23.9. The highest BCUT2D eigenvalue weighted by Gasteiger charge is 2.26. The Hall–Kier alpha value is -2.79. The van der Waals surface area contributed by atoms with Crippen LogP contribution in [0, 0.1) is 34.4 Å². The van der Waals surface area contributed by atoms with Crippen molar-refractivity contribution in [3.8, 4) is 34.4 Å². The lowest BCUT2D eigenvalue weighted by Crippen LogP contribution is -2.55. The molecule has 4 heteroatoms. The van der Waals surface area contributed by atoms with Crippen LogP contribution in [0.4, 0.5) is 0 Å². The van der Waals surface area contributed by atoms with Gasteiger partial charge in [-0.05, 0) is 33.8 Å². The van der Waals surface area contributed by atoms with Gasteiger partial charge in [-0.25, -0.2) is 0 Å². The average molecular weight is 548 g/mol. The molecule has 0 spiro atoms. The molecule has 0 saturated carbocycles. The smallest absolute Gasteiger partial charge is 0.127 e. The van der Waals surface area contributed by atoms with E-state index >= 15 is 0 Å². The summed E-state index contributed by atoms with van der Waals surface area (Å²) in [7, 11) is -6.02. The van der Waals surface area contributed by atoms with E-state index in [1.54, 1.807) is 0 Å². The lowest BCUT2D eigenvalue weighted by atomic mass is 10.2. The van der Waals surface area contributed by atoms with Gasteiger partial charge in [-0.3, -0.25) is 0 Å². The molecule has 0 aromatic heterocycles. The summed E-state index contributed by atoms with van der Waals surface area (Å²) < 4.78 is 0. The Morgan fingerprint density at radius 2 is 0.649 bits per heavy atom. The first-order valence-corrected chi connectivity index (χ1v) is 25.0. The first-order valence-electron chi connectivity index (χ1n) is 13.0. The average Bonchev–Trinajstić information content (AvgIpc) is 2.81. The number of hydrogen-bond donors (Lipinski definition) is 0. The molecular formula is C33H39Si4. The third kappa shape index (κ3) is 8.92. The molecule has 1 radical (unpaired) electrons. The second kappa shape index (κ2) is 11.7. The van der Waals surface area contributed by atoms with Crippen LogP contribution in [0.5, 0.6) is 0 Å². The summed E-state index contributed by atoms with van der Waals surface area (Å²) in [4.78, 5) is 0. The minimum Gasteiger partial charge on any atom is -0.127 e. The minimum absolute atomic E-state index is 1.14. The van der Waals surface area contributed by atoms with Gasteiger partial charge in [-0.2, -0.15) is 0 Å². The molecule has 0 atom stereocenters. The van der Waals surface area contributed by atoms with Gasteiger partial charge in [-0.15, -0.1) is 16.6 Å². The normalized spacial score (nSPS) is 11.5. The van der Waals surface area contributed by atoms with E-state index in [4.69, 9.17) is 0 Å². The lowest BCUT2D eigenvalue weighted by molar-refractivity contribution is 1.64. The van der Waals surface area contributed by atoms with Gasteiger partial charge in [0.15, 0.2) is 8.80 Å². The zero-order chi connectivity index (χ0) is 27.3. The SMILES string of the molecule is C[Si](C)(C)C#Cc1ccccc1[Si](c1ccccc1C#C[Si](C)(C)C)c1ccccc1C#C[Si](C)(C)C. The molecule has 0 saturated heterocycles. The maximum Gasteiger partial charge on any atom is 0.159 e. The van der Waals surface area contributed by atoms with Crippen molar-refractivity contribution < 1.29 is 0 Å². The maximum atomic E-state index is 3.62. The molecule has 0 fully saturated rings. The summed E-state index contributed by atoms with van der Waals surface area (Å²) in [6.45, 7) is 20.7. The molecule has 0 amide bonds. The molecule has 0 aliphatic heterocycles. The Morgan fingerprint density at radius 1 is 0.405 bits per heavy atom. The molecule has 187 valence electrons. The van der Waals surface area contributed by atoms with Crippen molar-refractivity contribution >= 4 is 48.6 Å². The van der Waals surface area contributed by atoms with E-state index in [0.717, 1.165) is 16.7 Å². The molecule has 0 unspecified atom stereocenters. The summed E-state index contributed by atoms with van der Waals surface area (Å²) in [6, 6.07) is 26.3. The predicted molar refractivity (Wildman–Crippen MR) is 175 cm³/mol. The Kier molecular flexibility index (Phi) is 9.12. The molecular weight excluding hydrogens is 509 g/mol. The summed E-state index contributed by atoms with van der Waals surface area (Å²) >= 11 is 0. The first-order chi connectivity index (χ1) is 17.2. The zero-order valence-corrected chi connectivity index (χ0v) is 27.9. The number of rotatable bonds is 3. The molecule has 37 heavy (non-hydrogen) atoms. The standard InChI is InChI=1S/C33H39Si4/c1-35(2,3)25-22-28-16-10-13-19-31(28)34(32-20-14-11-17-29(32)23-26-36(4,5)6)33-21-15-12-18-30(33)24-27-37(7,8)9/h10-21H,1-9H3. The quantitative estimate of drug-likeness (QED) is 0.218. The van der Waals surface area contributed by atoms with E-state index < -0.39 is 33.0 Å². The summed E-state index contributed by atoms with van der Waals surface area (Å²) in [6.07, 6.45) is 0. The minimum atomic E-state index is -1.53. The van der Waals surface area contributed by atoms with Gasteiger partial charge in [-0.1, -0.05) is 131 Å². The van der Waals surface area contributed by atoms with E-state index in [0.29, 0.717) is 0 Å². The van der Waals surface area contributed by atoms with Crippen LogP contribution >= 0.6 is 0 Å². The van der Waals surface area contributed by atoms with E-state index in [1.807, 2.05) is 0 Å².